The lowest BCUT2D eigenvalue weighted by molar-refractivity contribution is -0.134. The monoisotopic (exact) mass is 435 g/mol. The first-order valence-electron chi connectivity index (χ1n) is 10.3. The Balaban J connectivity index is 1.87. The number of likely N-dealkylation sites (tertiary alicyclic amines) is 1. The van der Waals surface area contributed by atoms with Gasteiger partial charge in [0.25, 0.3) is 0 Å². The van der Waals surface area contributed by atoms with E-state index >= 15 is 0 Å². The number of nitrogens with zero attached hydrogens (tertiary/aromatic N) is 2. The van der Waals surface area contributed by atoms with Gasteiger partial charge in [-0.1, -0.05) is 44.0 Å². The molecule has 0 spiro atoms. The molecule has 4 nitrogen and oxygen atoms in total. The van der Waals surface area contributed by atoms with E-state index in [4.69, 9.17) is 17.3 Å². The lowest BCUT2D eigenvalue weighted by atomic mass is 10.1. The summed E-state index contributed by atoms with van der Waals surface area (Å²) in [4.78, 5) is 16.6. The maximum Gasteiger partial charge on any atom is 0.225 e. The number of hydrogen-bond donors (Lipinski definition) is 1. The molecule has 1 fully saturated rings. The minimum atomic E-state index is -0.876. The number of halogens is 3. The van der Waals surface area contributed by atoms with Crippen molar-refractivity contribution in [3.63, 3.8) is 0 Å². The van der Waals surface area contributed by atoms with Crippen LogP contribution in [0.1, 0.15) is 38.7 Å². The number of benzene rings is 2. The summed E-state index contributed by atoms with van der Waals surface area (Å²) in [6.45, 7) is 5.37. The second-order valence-electron chi connectivity index (χ2n) is 7.96. The highest BCUT2D eigenvalue weighted by atomic mass is 35.5. The number of nitrogen functional groups attached to an aromatic ring is 1. The van der Waals surface area contributed by atoms with Crippen molar-refractivity contribution in [3.05, 3.63) is 58.6 Å². The van der Waals surface area contributed by atoms with Crippen LogP contribution in [-0.4, -0.2) is 29.9 Å². The molecule has 2 atom stereocenters. The second kappa shape index (κ2) is 9.65. The molecule has 0 aliphatic carbocycles. The molecule has 0 saturated carbocycles. The fraction of sp³-hybridized carbons (Fsp3) is 0.435. The van der Waals surface area contributed by atoms with E-state index < -0.39 is 11.6 Å². The van der Waals surface area contributed by atoms with Crippen LogP contribution < -0.4 is 10.6 Å². The number of rotatable bonds is 7. The Bertz CT molecular complexity index is 908. The fourth-order valence-electron chi connectivity index (χ4n) is 4.04. The second-order valence-corrected chi connectivity index (χ2v) is 8.37. The zero-order valence-corrected chi connectivity index (χ0v) is 18.1. The van der Waals surface area contributed by atoms with E-state index in [1.165, 1.54) is 6.07 Å². The van der Waals surface area contributed by atoms with Crippen molar-refractivity contribution >= 4 is 28.9 Å². The molecule has 1 amide bonds. The average molecular weight is 436 g/mol. The predicted octanol–water partition coefficient (Wildman–Crippen LogP) is 5.24. The first-order valence-corrected chi connectivity index (χ1v) is 10.7. The number of anilines is 2. The number of nitrogens with two attached hydrogens (primary N) is 1. The van der Waals surface area contributed by atoms with Crippen LogP contribution >= 0.6 is 11.6 Å². The smallest absolute Gasteiger partial charge is 0.225 e. The Morgan fingerprint density at radius 3 is 2.80 bits per heavy atom. The molecular weight excluding hydrogens is 408 g/mol. The Kier molecular flexibility index (Phi) is 7.19. The van der Waals surface area contributed by atoms with Crippen LogP contribution in [0.3, 0.4) is 0 Å². The van der Waals surface area contributed by atoms with Crippen molar-refractivity contribution in [1.29, 1.82) is 0 Å². The molecule has 1 unspecified atom stereocenters. The Labute approximate surface area is 181 Å². The molecule has 30 heavy (non-hydrogen) atoms. The van der Waals surface area contributed by atoms with Crippen molar-refractivity contribution in [3.8, 4) is 0 Å². The van der Waals surface area contributed by atoms with Crippen molar-refractivity contribution in [2.24, 2.45) is 5.92 Å². The molecule has 1 saturated heterocycles. The van der Waals surface area contributed by atoms with Gasteiger partial charge in [-0.2, -0.15) is 0 Å². The van der Waals surface area contributed by atoms with E-state index in [0.29, 0.717) is 23.8 Å². The van der Waals surface area contributed by atoms with Crippen LogP contribution in [0.5, 0.6) is 0 Å². The van der Waals surface area contributed by atoms with Gasteiger partial charge < -0.3 is 15.5 Å². The largest absolute Gasteiger partial charge is 0.398 e. The normalized spacial score (nSPS) is 17.2. The van der Waals surface area contributed by atoms with E-state index in [-0.39, 0.29) is 30.0 Å². The summed E-state index contributed by atoms with van der Waals surface area (Å²) in [5, 5.41) is 0.403. The number of amides is 1. The summed E-state index contributed by atoms with van der Waals surface area (Å²) in [7, 11) is 0. The minimum Gasteiger partial charge on any atom is -0.398 e. The number of carbonyl (C=O) groups excluding carboxylic acids is 1. The van der Waals surface area contributed by atoms with Crippen LogP contribution in [-0.2, 0) is 11.3 Å². The Hall–Kier alpha value is -2.34. The molecule has 7 heteroatoms. The van der Waals surface area contributed by atoms with Gasteiger partial charge in [0.05, 0.1) is 10.7 Å². The SMILES string of the molecule is CCCC(C)C(=O)N1CC[C@H](N(Cc2cccc(F)c2F)c2ccc(N)c(Cl)c2)C1. The number of hydrogen-bond acceptors (Lipinski definition) is 3. The quantitative estimate of drug-likeness (QED) is 0.605. The van der Waals surface area contributed by atoms with Crippen LogP contribution in [0.15, 0.2) is 36.4 Å². The molecule has 1 heterocycles. The molecule has 1 aliphatic heterocycles. The van der Waals surface area contributed by atoms with Crippen molar-refractivity contribution in [1.82, 2.24) is 4.90 Å². The van der Waals surface area contributed by atoms with Crippen molar-refractivity contribution in [2.75, 3.05) is 23.7 Å². The highest BCUT2D eigenvalue weighted by Gasteiger charge is 2.33. The van der Waals surface area contributed by atoms with Gasteiger partial charge in [0, 0.05) is 42.8 Å². The molecule has 0 radical (unpaired) electrons. The molecule has 2 aromatic carbocycles. The van der Waals surface area contributed by atoms with E-state index in [1.54, 1.807) is 18.2 Å². The first kappa shape index (κ1) is 22.3. The molecule has 3 rings (SSSR count). The lowest BCUT2D eigenvalue weighted by Gasteiger charge is -2.32. The van der Waals surface area contributed by atoms with Crippen LogP contribution in [0.2, 0.25) is 5.02 Å². The van der Waals surface area contributed by atoms with Crippen molar-refractivity contribution < 1.29 is 13.6 Å². The van der Waals surface area contributed by atoms with Crippen LogP contribution in [0.4, 0.5) is 20.2 Å². The van der Waals surface area contributed by atoms with Gasteiger partial charge in [0.1, 0.15) is 0 Å². The molecular formula is C23H28ClF2N3O. The Morgan fingerprint density at radius 1 is 1.33 bits per heavy atom. The predicted molar refractivity (Wildman–Crippen MR) is 117 cm³/mol. The average Bonchev–Trinajstić information content (AvgIpc) is 3.20. The van der Waals surface area contributed by atoms with E-state index in [1.807, 2.05) is 22.8 Å². The molecule has 0 bridgehead atoms. The third-order valence-electron chi connectivity index (χ3n) is 5.75. The molecule has 0 aromatic heterocycles. The summed E-state index contributed by atoms with van der Waals surface area (Å²) < 4.78 is 28.2. The van der Waals surface area contributed by atoms with Gasteiger partial charge in [-0.25, -0.2) is 8.78 Å². The highest BCUT2D eigenvalue weighted by Crippen LogP contribution is 2.31. The van der Waals surface area contributed by atoms with E-state index in [2.05, 4.69) is 6.92 Å². The zero-order valence-electron chi connectivity index (χ0n) is 17.4. The number of carbonyl (C=O) groups is 1. The maximum absolute atomic E-state index is 14.4. The lowest BCUT2D eigenvalue weighted by Crippen LogP contribution is -2.40. The van der Waals surface area contributed by atoms with Gasteiger partial charge in [0.2, 0.25) is 5.91 Å². The van der Waals surface area contributed by atoms with Crippen molar-refractivity contribution in [2.45, 2.75) is 45.7 Å². The Morgan fingerprint density at radius 2 is 2.10 bits per heavy atom. The summed E-state index contributed by atoms with van der Waals surface area (Å²) in [5.74, 6) is -1.61. The third kappa shape index (κ3) is 4.86. The van der Waals surface area contributed by atoms with Crippen LogP contribution in [0.25, 0.3) is 0 Å². The van der Waals surface area contributed by atoms with E-state index in [0.717, 1.165) is 31.0 Å². The van der Waals surface area contributed by atoms with E-state index in [9.17, 15) is 13.6 Å². The maximum atomic E-state index is 14.4. The first-order chi connectivity index (χ1) is 14.3. The van der Waals surface area contributed by atoms with Gasteiger partial charge >= 0.3 is 0 Å². The summed E-state index contributed by atoms with van der Waals surface area (Å²) in [5.41, 5.74) is 7.32. The third-order valence-corrected chi connectivity index (χ3v) is 6.07. The fourth-order valence-corrected chi connectivity index (χ4v) is 4.22. The molecule has 2 N–H and O–H groups in total. The minimum absolute atomic E-state index is 0.0196. The molecule has 2 aromatic rings. The van der Waals surface area contributed by atoms with Crippen LogP contribution in [0, 0.1) is 17.6 Å². The molecule has 162 valence electrons. The van der Waals surface area contributed by atoms with Gasteiger partial charge in [-0.3, -0.25) is 4.79 Å². The summed E-state index contributed by atoms with van der Waals surface area (Å²) in [6, 6.07) is 9.40. The highest BCUT2D eigenvalue weighted by molar-refractivity contribution is 6.33. The standard InChI is InChI=1S/C23H28ClF2N3O/c1-3-5-15(2)23(30)28-11-10-18(14-28)29(17-8-9-21(27)19(24)12-17)13-16-6-4-7-20(25)22(16)26/h4,6-9,12,15,18H,3,5,10-11,13-14,27H2,1-2H3/t15?,18-/m0/s1. The summed E-state index contributed by atoms with van der Waals surface area (Å²) in [6.07, 6.45) is 2.55. The topological polar surface area (TPSA) is 49.6 Å². The molecule has 1 aliphatic rings. The van der Waals surface area contributed by atoms with Gasteiger partial charge in [-0.05, 0) is 37.1 Å². The zero-order chi connectivity index (χ0) is 21.8. The van der Waals surface area contributed by atoms with Gasteiger partial charge in [-0.15, -0.1) is 0 Å². The van der Waals surface area contributed by atoms with Gasteiger partial charge in [0.15, 0.2) is 11.6 Å². The summed E-state index contributed by atoms with van der Waals surface area (Å²) >= 11 is 6.23.